The third kappa shape index (κ3) is 3.04. The van der Waals surface area contributed by atoms with Gasteiger partial charge < -0.3 is 14.5 Å². The fraction of sp³-hybridized carbons (Fsp3) is 0.222. The summed E-state index contributed by atoms with van der Waals surface area (Å²) in [6, 6.07) is 11.5. The molecule has 0 atom stereocenters. The van der Waals surface area contributed by atoms with Gasteiger partial charge in [0.25, 0.3) is 0 Å². The molecule has 1 N–H and O–H groups in total. The molecule has 0 bridgehead atoms. The zero-order valence-corrected chi connectivity index (χ0v) is 13.0. The van der Waals surface area contributed by atoms with E-state index in [0.29, 0.717) is 12.1 Å². The largest absolute Gasteiger partial charge is 0.469 e. The van der Waals surface area contributed by atoms with Gasteiger partial charge in [-0.3, -0.25) is 9.59 Å². The monoisotopic (exact) mass is 311 g/mol. The van der Waals surface area contributed by atoms with Gasteiger partial charge >= 0.3 is 5.97 Å². The van der Waals surface area contributed by atoms with E-state index in [4.69, 9.17) is 4.42 Å². The Bertz CT molecular complexity index is 895. The van der Waals surface area contributed by atoms with Crippen LogP contribution in [-0.4, -0.2) is 19.0 Å². The Morgan fingerprint density at radius 1 is 1.13 bits per heavy atom. The lowest BCUT2D eigenvalue weighted by atomic mass is 10.0. The van der Waals surface area contributed by atoms with E-state index >= 15 is 0 Å². The van der Waals surface area contributed by atoms with Gasteiger partial charge in [-0.1, -0.05) is 18.2 Å². The summed E-state index contributed by atoms with van der Waals surface area (Å²) in [5.74, 6) is -0.444. The summed E-state index contributed by atoms with van der Waals surface area (Å²) in [4.78, 5) is 22.9. The van der Waals surface area contributed by atoms with E-state index in [1.54, 1.807) is 0 Å². The number of methoxy groups -OCH3 is 1. The topological polar surface area (TPSA) is 68.5 Å². The number of carbonyl (C=O) groups excluding carboxylic acids is 2. The minimum Gasteiger partial charge on any atom is -0.469 e. The second kappa shape index (κ2) is 6.12. The van der Waals surface area contributed by atoms with E-state index in [1.165, 1.54) is 14.0 Å². The summed E-state index contributed by atoms with van der Waals surface area (Å²) in [6.45, 7) is 1.46. The van der Waals surface area contributed by atoms with E-state index < -0.39 is 0 Å². The maximum atomic E-state index is 11.5. The van der Waals surface area contributed by atoms with E-state index in [-0.39, 0.29) is 18.3 Å². The van der Waals surface area contributed by atoms with Crippen LogP contribution in [0.2, 0.25) is 0 Å². The van der Waals surface area contributed by atoms with Crippen molar-refractivity contribution >= 4 is 39.5 Å². The highest BCUT2D eigenvalue weighted by molar-refractivity contribution is 6.07. The van der Waals surface area contributed by atoms with Gasteiger partial charge in [-0.05, 0) is 30.2 Å². The fourth-order valence-electron chi connectivity index (χ4n) is 2.67. The number of aryl methyl sites for hydroxylation is 1. The highest BCUT2D eigenvalue weighted by Gasteiger charge is 2.13. The van der Waals surface area contributed by atoms with E-state index in [2.05, 4.69) is 10.1 Å². The van der Waals surface area contributed by atoms with Gasteiger partial charge in [0.2, 0.25) is 5.91 Å². The van der Waals surface area contributed by atoms with Gasteiger partial charge in [0.05, 0.1) is 7.11 Å². The van der Waals surface area contributed by atoms with Crippen LogP contribution in [-0.2, 0) is 20.7 Å². The van der Waals surface area contributed by atoms with Gasteiger partial charge in [0, 0.05) is 29.8 Å². The minimum atomic E-state index is -0.288. The Hall–Kier alpha value is -2.82. The molecule has 0 spiro atoms. The predicted octanol–water partition coefficient (Wildman–Crippen LogP) is 3.65. The molecule has 118 valence electrons. The SMILES string of the molecule is COC(=O)CCc1cc2oc3ccccc3c2cc1NC(C)=O. The molecular formula is C18H17NO4. The van der Waals surface area contributed by atoms with Gasteiger partial charge in [-0.25, -0.2) is 0 Å². The number of fused-ring (bicyclic) bond motifs is 3. The third-order valence-electron chi connectivity index (χ3n) is 3.74. The van der Waals surface area contributed by atoms with Crippen LogP contribution in [0.25, 0.3) is 21.9 Å². The molecule has 1 amide bonds. The van der Waals surface area contributed by atoms with Crippen molar-refractivity contribution in [2.45, 2.75) is 19.8 Å². The average molecular weight is 311 g/mol. The first-order valence-electron chi connectivity index (χ1n) is 7.37. The van der Waals surface area contributed by atoms with Crippen LogP contribution < -0.4 is 5.32 Å². The zero-order valence-electron chi connectivity index (χ0n) is 13.0. The standard InChI is InChI=1S/C18H17NO4/c1-11(20)19-15-10-14-13-5-3-4-6-16(13)23-17(14)9-12(15)7-8-18(21)22-2/h3-6,9-10H,7-8H2,1-2H3,(H,19,20). The number of anilines is 1. The van der Waals surface area contributed by atoms with E-state index in [9.17, 15) is 9.59 Å². The maximum absolute atomic E-state index is 11.5. The number of ether oxygens (including phenoxy) is 1. The van der Waals surface area contributed by atoms with E-state index in [1.807, 2.05) is 36.4 Å². The molecule has 0 unspecified atom stereocenters. The highest BCUT2D eigenvalue weighted by atomic mass is 16.5. The number of para-hydroxylation sites is 1. The Morgan fingerprint density at radius 3 is 2.65 bits per heavy atom. The van der Waals surface area contributed by atoms with Crippen LogP contribution in [0.1, 0.15) is 18.9 Å². The third-order valence-corrected chi connectivity index (χ3v) is 3.74. The summed E-state index contributed by atoms with van der Waals surface area (Å²) >= 11 is 0. The van der Waals surface area contributed by atoms with Gasteiger partial charge in [0.15, 0.2) is 0 Å². The number of esters is 1. The zero-order chi connectivity index (χ0) is 16.4. The lowest BCUT2D eigenvalue weighted by Crippen LogP contribution is -2.09. The first-order valence-corrected chi connectivity index (χ1v) is 7.37. The molecule has 0 saturated heterocycles. The van der Waals surface area contributed by atoms with Crippen molar-refractivity contribution in [1.29, 1.82) is 0 Å². The summed E-state index contributed by atoms with van der Waals surface area (Å²) in [5.41, 5.74) is 3.07. The molecule has 5 heteroatoms. The normalized spacial score (nSPS) is 10.9. The number of furan rings is 1. The van der Waals surface area contributed by atoms with Crippen molar-refractivity contribution < 1.29 is 18.7 Å². The van der Waals surface area contributed by atoms with E-state index in [0.717, 1.165) is 27.5 Å². The molecule has 23 heavy (non-hydrogen) atoms. The second-order valence-corrected chi connectivity index (χ2v) is 5.36. The number of rotatable bonds is 4. The molecule has 3 aromatic rings. The molecule has 1 heterocycles. The lowest BCUT2D eigenvalue weighted by Gasteiger charge is -2.10. The predicted molar refractivity (Wildman–Crippen MR) is 88.4 cm³/mol. The Morgan fingerprint density at radius 2 is 1.91 bits per heavy atom. The summed E-state index contributed by atoms with van der Waals surface area (Å²) in [5, 5.41) is 4.76. The molecule has 1 aromatic heterocycles. The van der Waals surface area contributed by atoms with Crippen molar-refractivity contribution in [1.82, 2.24) is 0 Å². The lowest BCUT2D eigenvalue weighted by molar-refractivity contribution is -0.140. The number of hydrogen-bond acceptors (Lipinski definition) is 4. The summed E-state index contributed by atoms with van der Waals surface area (Å²) in [7, 11) is 1.36. The van der Waals surface area contributed by atoms with Gasteiger partial charge in [0.1, 0.15) is 11.2 Å². The van der Waals surface area contributed by atoms with Gasteiger partial charge in [-0.2, -0.15) is 0 Å². The van der Waals surface area contributed by atoms with Crippen LogP contribution in [0.4, 0.5) is 5.69 Å². The fourth-order valence-corrected chi connectivity index (χ4v) is 2.67. The first-order chi connectivity index (χ1) is 11.1. The van der Waals surface area contributed by atoms with Gasteiger partial charge in [-0.15, -0.1) is 0 Å². The van der Waals surface area contributed by atoms with Crippen LogP contribution in [0.15, 0.2) is 40.8 Å². The number of benzene rings is 2. The summed E-state index contributed by atoms with van der Waals surface area (Å²) < 4.78 is 10.5. The molecule has 3 rings (SSSR count). The molecular weight excluding hydrogens is 294 g/mol. The maximum Gasteiger partial charge on any atom is 0.305 e. The number of hydrogen-bond donors (Lipinski definition) is 1. The second-order valence-electron chi connectivity index (χ2n) is 5.36. The smallest absolute Gasteiger partial charge is 0.305 e. The van der Waals surface area contributed by atoms with Crippen LogP contribution in [0, 0.1) is 0 Å². The summed E-state index contributed by atoms with van der Waals surface area (Å²) in [6.07, 6.45) is 0.712. The molecule has 0 fully saturated rings. The number of carbonyl (C=O) groups is 2. The van der Waals surface area contributed by atoms with Crippen LogP contribution in [0.3, 0.4) is 0 Å². The Balaban J connectivity index is 2.10. The minimum absolute atomic E-state index is 0.156. The van der Waals surface area contributed by atoms with Crippen molar-refractivity contribution in [3.05, 3.63) is 42.0 Å². The van der Waals surface area contributed by atoms with Crippen LogP contribution >= 0.6 is 0 Å². The molecule has 2 aromatic carbocycles. The van der Waals surface area contributed by atoms with Crippen molar-refractivity contribution in [2.75, 3.05) is 12.4 Å². The molecule has 0 saturated carbocycles. The Kier molecular flexibility index (Phi) is 4.02. The Labute approximate surface area is 133 Å². The molecule has 0 aliphatic carbocycles. The number of amides is 1. The molecule has 0 aliphatic rings. The highest BCUT2D eigenvalue weighted by Crippen LogP contribution is 2.33. The first kappa shape index (κ1) is 15.1. The van der Waals surface area contributed by atoms with Crippen molar-refractivity contribution in [3.8, 4) is 0 Å². The molecule has 5 nitrogen and oxygen atoms in total. The van der Waals surface area contributed by atoms with Crippen molar-refractivity contribution in [2.24, 2.45) is 0 Å². The van der Waals surface area contributed by atoms with Crippen LogP contribution in [0.5, 0.6) is 0 Å². The molecule has 0 aliphatic heterocycles. The number of nitrogens with one attached hydrogen (secondary N) is 1. The quantitative estimate of drug-likeness (QED) is 0.747. The molecule has 0 radical (unpaired) electrons. The average Bonchev–Trinajstić information content (AvgIpc) is 2.89. The van der Waals surface area contributed by atoms with Crippen molar-refractivity contribution in [3.63, 3.8) is 0 Å².